The van der Waals surface area contributed by atoms with Crippen molar-refractivity contribution in [2.75, 3.05) is 46.0 Å². The summed E-state index contributed by atoms with van der Waals surface area (Å²) in [6.07, 6.45) is 2.63. The number of hydrogen-bond donors (Lipinski definition) is 0. The Balaban J connectivity index is 1.40. The van der Waals surface area contributed by atoms with Crippen LogP contribution in [0.1, 0.15) is 29.6 Å². The summed E-state index contributed by atoms with van der Waals surface area (Å²) < 4.78 is 11.0. The topological polar surface area (TPSA) is 59.1 Å². The van der Waals surface area contributed by atoms with E-state index in [0.717, 1.165) is 19.4 Å². The van der Waals surface area contributed by atoms with Gasteiger partial charge in [0, 0.05) is 32.8 Å². The first kappa shape index (κ1) is 20.4. The second-order valence-corrected chi connectivity index (χ2v) is 7.52. The van der Waals surface area contributed by atoms with Crippen molar-refractivity contribution >= 4 is 35.0 Å². The second-order valence-electron chi connectivity index (χ2n) is 6.73. The quantitative estimate of drug-likeness (QED) is 0.671. The van der Waals surface area contributed by atoms with Crippen LogP contribution in [-0.4, -0.2) is 73.7 Å². The molecule has 1 atom stereocenters. The molecule has 0 bridgehead atoms. The van der Waals surface area contributed by atoms with Gasteiger partial charge >= 0.3 is 0 Å². The van der Waals surface area contributed by atoms with E-state index in [1.165, 1.54) is 0 Å². The van der Waals surface area contributed by atoms with Gasteiger partial charge in [0.1, 0.15) is 0 Å². The Labute approximate surface area is 169 Å². The smallest absolute Gasteiger partial charge is 0.255 e. The molecule has 0 spiro atoms. The van der Waals surface area contributed by atoms with Crippen LogP contribution in [0.3, 0.4) is 0 Å². The van der Waals surface area contributed by atoms with E-state index in [9.17, 15) is 9.59 Å². The van der Waals surface area contributed by atoms with Crippen LogP contribution in [-0.2, 0) is 14.3 Å². The summed E-state index contributed by atoms with van der Waals surface area (Å²) in [5.74, 6) is -0.107. The van der Waals surface area contributed by atoms with E-state index in [1.807, 2.05) is 0 Å². The lowest BCUT2D eigenvalue weighted by atomic mass is 10.1. The van der Waals surface area contributed by atoms with Crippen molar-refractivity contribution in [2.24, 2.45) is 0 Å². The zero-order chi connectivity index (χ0) is 19.2. The molecule has 27 heavy (non-hydrogen) atoms. The van der Waals surface area contributed by atoms with Crippen LogP contribution in [0.25, 0.3) is 0 Å². The average Bonchev–Trinajstić information content (AvgIpc) is 3.20. The molecule has 2 aliphatic heterocycles. The molecule has 6 nitrogen and oxygen atoms in total. The zero-order valence-corrected chi connectivity index (χ0v) is 16.7. The van der Waals surface area contributed by atoms with Gasteiger partial charge in [-0.1, -0.05) is 29.3 Å². The average molecular weight is 415 g/mol. The number of carbonyl (C=O) groups is 2. The first-order chi connectivity index (χ1) is 13.1. The summed E-state index contributed by atoms with van der Waals surface area (Å²) in [6.45, 7) is 3.72. The number of hydrogen-bond acceptors (Lipinski definition) is 4. The molecule has 0 saturated carbocycles. The SMILES string of the molecule is O=C(CCOCC1CCCO1)N1CCN(C(=O)c2cccc(Cl)c2Cl)CC1. The van der Waals surface area contributed by atoms with Crippen molar-refractivity contribution in [3.8, 4) is 0 Å². The number of benzene rings is 1. The molecule has 0 radical (unpaired) electrons. The van der Waals surface area contributed by atoms with E-state index in [0.29, 0.717) is 56.4 Å². The van der Waals surface area contributed by atoms with Gasteiger partial charge < -0.3 is 19.3 Å². The molecular weight excluding hydrogens is 391 g/mol. The Morgan fingerprint density at radius 2 is 1.89 bits per heavy atom. The molecule has 2 amide bonds. The molecule has 2 saturated heterocycles. The van der Waals surface area contributed by atoms with Gasteiger partial charge in [0.2, 0.25) is 5.91 Å². The molecule has 148 valence electrons. The molecule has 2 fully saturated rings. The van der Waals surface area contributed by atoms with Gasteiger partial charge in [-0.15, -0.1) is 0 Å². The monoisotopic (exact) mass is 414 g/mol. The van der Waals surface area contributed by atoms with Crippen molar-refractivity contribution in [3.05, 3.63) is 33.8 Å². The van der Waals surface area contributed by atoms with Crippen molar-refractivity contribution in [2.45, 2.75) is 25.4 Å². The Hall–Kier alpha value is -1.34. The number of halogens is 2. The fraction of sp³-hybridized carbons (Fsp3) is 0.579. The Bertz CT molecular complexity index is 672. The fourth-order valence-corrected chi connectivity index (χ4v) is 3.69. The lowest BCUT2D eigenvalue weighted by Gasteiger charge is -2.35. The number of piperazine rings is 1. The van der Waals surface area contributed by atoms with Gasteiger partial charge in [0.25, 0.3) is 5.91 Å². The lowest BCUT2D eigenvalue weighted by molar-refractivity contribution is -0.134. The van der Waals surface area contributed by atoms with Crippen LogP contribution in [0.4, 0.5) is 0 Å². The van der Waals surface area contributed by atoms with Crippen molar-refractivity contribution in [1.82, 2.24) is 9.80 Å². The van der Waals surface area contributed by atoms with Crippen LogP contribution in [0.2, 0.25) is 10.0 Å². The Morgan fingerprint density at radius 1 is 1.15 bits per heavy atom. The summed E-state index contributed by atoms with van der Waals surface area (Å²) in [7, 11) is 0. The molecule has 0 aromatic heterocycles. The minimum atomic E-state index is -0.158. The minimum absolute atomic E-state index is 0.0511. The highest BCUT2D eigenvalue weighted by molar-refractivity contribution is 6.43. The van der Waals surface area contributed by atoms with E-state index in [1.54, 1.807) is 28.0 Å². The first-order valence-electron chi connectivity index (χ1n) is 9.26. The molecule has 1 unspecified atom stereocenters. The van der Waals surface area contributed by atoms with Crippen LogP contribution in [0, 0.1) is 0 Å². The number of amides is 2. The van der Waals surface area contributed by atoms with E-state index >= 15 is 0 Å². The molecule has 1 aromatic rings. The van der Waals surface area contributed by atoms with E-state index in [4.69, 9.17) is 32.7 Å². The van der Waals surface area contributed by atoms with Crippen LogP contribution in [0.15, 0.2) is 18.2 Å². The molecule has 2 aliphatic rings. The predicted molar refractivity (Wildman–Crippen MR) is 103 cm³/mol. The summed E-state index contributed by atoms with van der Waals surface area (Å²) in [4.78, 5) is 28.4. The largest absolute Gasteiger partial charge is 0.378 e. The molecule has 2 heterocycles. The molecule has 1 aromatic carbocycles. The van der Waals surface area contributed by atoms with Gasteiger partial charge in [-0.25, -0.2) is 0 Å². The minimum Gasteiger partial charge on any atom is -0.378 e. The second kappa shape index (κ2) is 9.73. The Morgan fingerprint density at radius 3 is 2.59 bits per heavy atom. The highest BCUT2D eigenvalue weighted by Crippen LogP contribution is 2.26. The van der Waals surface area contributed by atoms with Gasteiger partial charge in [-0.3, -0.25) is 9.59 Å². The molecule has 0 aliphatic carbocycles. The summed E-state index contributed by atoms with van der Waals surface area (Å²) in [5, 5.41) is 0.630. The third-order valence-corrected chi connectivity index (χ3v) is 5.71. The van der Waals surface area contributed by atoms with Crippen molar-refractivity contribution in [1.29, 1.82) is 0 Å². The molecule has 3 rings (SSSR count). The molecular formula is C19H24Cl2N2O4. The maximum atomic E-state index is 12.6. The number of nitrogens with zero attached hydrogens (tertiary/aromatic N) is 2. The van der Waals surface area contributed by atoms with Crippen LogP contribution >= 0.6 is 23.2 Å². The standard InChI is InChI=1S/C19H24Cl2N2O4/c20-16-5-1-4-15(18(16)21)19(25)23-9-7-22(8-10-23)17(24)6-12-26-13-14-3-2-11-27-14/h1,4-5,14H,2-3,6-13H2. The van der Waals surface area contributed by atoms with Crippen molar-refractivity contribution < 1.29 is 19.1 Å². The van der Waals surface area contributed by atoms with Gasteiger partial charge in [-0.05, 0) is 25.0 Å². The number of ether oxygens (including phenoxy) is 2. The first-order valence-corrected chi connectivity index (χ1v) is 10.0. The molecule has 0 N–H and O–H groups in total. The normalized spacial score (nSPS) is 20.1. The number of carbonyl (C=O) groups excluding carboxylic acids is 2. The maximum absolute atomic E-state index is 12.6. The third-order valence-electron chi connectivity index (χ3n) is 4.89. The fourth-order valence-electron chi connectivity index (χ4n) is 3.31. The summed E-state index contributed by atoms with van der Waals surface area (Å²) >= 11 is 12.1. The van der Waals surface area contributed by atoms with Crippen LogP contribution in [0.5, 0.6) is 0 Å². The highest BCUT2D eigenvalue weighted by Gasteiger charge is 2.26. The summed E-state index contributed by atoms with van der Waals surface area (Å²) in [5.41, 5.74) is 0.395. The lowest BCUT2D eigenvalue weighted by Crippen LogP contribution is -2.50. The van der Waals surface area contributed by atoms with Gasteiger partial charge in [0.15, 0.2) is 0 Å². The van der Waals surface area contributed by atoms with E-state index in [-0.39, 0.29) is 22.9 Å². The van der Waals surface area contributed by atoms with Gasteiger partial charge in [-0.2, -0.15) is 0 Å². The van der Waals surface area contributed by atoms with Crippen molar-refractivity contribution in [3.63, 3.8) is 0 Å². The predicted octanol–water partition coefficient (Wildman–Crippen LogP) is 2.86. The zero-order valence-electron chi connectivity index (χ0n) is 15.2. The van der Waals surface area contributed by atoms with Gasteiger partial charge in [0.05, 0.1) is 41.3 Å². The highest BCUT2D eigenvalue weighted by atomic mass is 35.5. The van der Waals surface area contributed by atoms with Crippen LogP contribution < -0.4 is 0 Å². The molecule has 8 heteroatoms. The maximum Gasteiger partial charge on any atom is 0.255 e. The Kier molecular flexibility index (Phi) is 7.35. The van der Waals surface area contributed by atoms with E-state index < -0.39 is 0 Å². The van der Waals surface area contributed by atoms with E-state index in [2.05, 4.69) is 0 Å². The summed E-state index contributed by atoms with van der Waals surface area (Å²) in [6, 6.07) is 5.02. The number of rotatable bonds is 6. The third kappa shape index (κ3) is 5.35.